The Morgan fingerprint density at radius 1 is 1.32 bits per heavy atom. The van der Waals surface area contributed by atoms with Gasteiger partial charge in [0.15, 0.2) is 0 Å². The zero-order chi connectivity index (χ0) is 20.1. The second-order valence-electron chi connectivity index (χ2n) is 8.19. The van der Waals surface area contributed by atoms with E-state index in [2.05, 4.69) is 51.4 Å². The molecule has 1 amide bonds. The van der Waals surface area contributed by atoms with E-state index in [9.17, 15) is 4.79 Å². The van der Waals surface area contributed by atoms with Crippen molar-refractivity contribution in [1.82, 2.24) is 14.9 Å². The maximum Gasteiger partial charge on any atom is 0.410 e. The van der Waals surface area contributed by atoms with Crippen LogP contribution in [0, 0.1) is 0 Å². The molecule has 4 rings (SSSR count). The first-order valence-corrected chi connectivity index (χ1v) is 11.4. The molecule has 1 aromatic heterocycles. The minimum absolute atomic E-state index is 0.106. The third-order valence-electron chi connectivity index (χ3n) is 4.99. The molecule has 3 aromatic rings. The van der Waals surface area contributed by atoms with E-state index in [1.54, 1.807) is 11.8 Å². The Bertz CT molecular complexity index is 1040. The summed E-state index contributed by atoms with van der Waals surface area (Å²) in [4.78, 5) is 23.0. The van der Waals surface area contributed by atoms with Crippen molar-refractivity contribution < 1.29 is 9.53 Å². The second kappa shape index (κ2) is 7.26. The van der Waals surface area contributed by atoms with Gasteiger partial charge >= 0.3 is 6.09 Å². The molecule has 2 unspecified atom stereocenters. The van der Waals surface area contributed by atoms with Crippen molar-refractivity contribution in [3.05, 3.63) is 40.6 Å². The van der Waals surface area contributed by atoms with E-state index in [1.165, 1.54) is 0 Å². The van der Waals surface area contributed by atoms with Crippen LogP contribution in [0.15, 0.2) is 34.8 Å². The molecule has 28 heavy (non-hydrogen) atoms. The molecule has 0 bridgehead atoms. The van der Waals surface area contributed by atoms with E-state index in [1.807, 2.05) is 31.7 Å². The van der Waals surface area contributed by atoms with Crippen LogP contribution in [-0.4, -0.2) is 44.6 Å². The Labute approximate surface area is 177 Å². The average Bonchev–Trinajstić information content (AvgIpc) is 3.23. The van der Waals surface area contributed by atoms with Gasteiger partial charge in [-0.1, -0.05) is 28.1 Å². The Balaban J connectivity index is 1.74. The molecule has 148 valence electrons. The quantitative estimate of drug-likeness (QED) is 0.516. The van der Waals surface area contributed by atoms with Crippen LogP contribution in [0.25, 0.3) is 21.8 Å². The molecule has 2 aromatic carbocycles. The fraction of sp³-hybridized carbons (Fsp3) is 0.429. The first kappa shape index (κ1) is 19.6. The third-order valence-corrected chi connectivity index (χ3v) is 6.49. The number of carbonyl (C=O) groups excluding carboxylic acids is 1. The summed E-state index contributed by atoms with van der Waals surface area (Å²) < 4.78 is 6.70. The number of H-pyrrole nitrogens is 1. The number of fused-ring (bicyclic) bond motifs is 3. The largest absolute Gasteiger partial charge is 0.444 e. The number of imidazole rings is 1. The number of rotatable bonds is 2. The maximum absolute atomic E-state index is 12.8. The van der Waals surface area contributed by atoms with Crippen LogP contribution in [0.3, 0.4) is 0 Å². The summed E-state index contributed by atoms with van der Waals surface area (Å²) in [6.07, 6.45) is 2.68. The molecule has 1 fully saturated rings. The van der Waals surface area contributed by atoms with Gasteiger partial charge in [0.1, 0.15) is 11.4 Å². The number of hydrogen-bond acceptors (Lipinski definition) is 4. The number of carbonyl (C=O) groups is 1. The number of halogens is 1. The highest BCUT2D eigenvalue weighted by Crippen LogP contribution is 2.38. The number of nitrogens with one attached hydrogen (secondary N) is 1. The highest BCUT2D eigenvalue weighted by Gasteiger charge is 2.39. The van der Waals surface area contributed by atoms with Crippen LogP contribution in [0.1, 0.15) is 39.1 Å². The minimum Gasteiger partial charge on any atom is -0.444 e. The first-order chi connectivity index (χ1) is 13.2. The number of aromatic nitrogens is 2. The van der Waals surface area contributed by atoms with Crippen molar-refractivity contribution in [3.63, 3.8) is 0 Å². The predicted molar refractivity (Wildman–Crippen MR) is 119 cm³/mol. The lowest BCUT2D eigenvalue weighted by molar-refractivity contribution is 0.0219. The molecule has 0 aliphatic carbocycles. The number of hydrogen-bond donors (Lipinski definition) is 1. The van der Waals surface area contributed by atoms with E-state index < -0.39 is 5.60 Å². The minimum atomic E-state index is -0.517. The number of nitrogens with zero attached hydrogens (tertiary/aromatic N) is 2. The molecule has 1 saturated heterocycles. The summed E-state index contributed by atoms with van der Waals surface area (Å²) in [6.45, 7) is 6.36. The molecule has 1 aliphatic rings. The van der Waals surface area contributed by atoms with Crippen LogP contribution in [-0.2, 0) is 4.74 Å². The molecular weight excluding hydrogens is 438 g/mol. The summed E-state index contributed by atoms with van der Waals surface area (Å²) in [6, 6.07) is 10.2. The molecule has 0 radical (unpaired) electrons. The SMILES string of the molecule is CSC1CC(c2nc3c(ccc4cc(Br)ccc43)[nH]2)N(C(=O)OC(C)(C)C)C1. The normalized spacial score (nSPS) is 20.2. The number of benzene rings is 2. The van der Waals surface area contributed by atoms with E-state index >= 15 is 0 Å². The predicted octanol–water partition coefficient (Wildman–Crippen LogP) is 5.89. The van der Waals surface area contributed by atoms with Crippen molar-refractivity contribution in [3.8, 4) is 0 Å². The summed E-state index contributed by atoms with van der Waals surface area (Å²) >= 11 is 5.31. The van der Waals surface area contributed by atoms with Gasteiger partial charge in [-0.25, -0.2) is 9.78 Å². The highest BCUT2D eigenvalue weighted by atomic mass is 79.9. The van der Waals surface area contributed by atoms with Crippen molar-refractivity contribution in [1.29, 1.82) is 0 Å². The van der Waals surface area contributed by atoms with Gasteiger partial charge in [-0.05, 0) is 57.0 Å². The smallest absolute Gasteiger partial charge is 0.410 e. The number of likely N-dealkylation sites (tertiary alicyclic amines) is 1. The van der Waals surface area contributed by atoms with Gasteiger partial charge in [0, 0.05) is 21.7 Å². The number of thioether (sulfide) groups is 1. The Morgan fingerprint density at radius 3 is 2.82 bits per heavy atom. The standard InChI is InChI=1S/C21H24BrN3O2S/c1-21(2,3)27-20(26)25-11-14(28-4)10-17(25)19-23-16-8-5-12-9-13(22)6-7-15(12)18(16)24-19/h5-9,14,17H,10-11H2,1-4H3,(H,23,24). The Kier molecular flexibility index (Phi) is 5.08. The summed E-state index contributed by atoms with van der Waals surface area (Å²) in [7, 11) is 0. The molecule has 0 spiro atoms. The van der Waals surface area contributed by atoms with Crippen LogP contribution < -0.4 is 0 Å². The van der Waals surface area contributed by atoms with Crippen molar-refractivity contribution in [2.75, 3.05) is 12.8 Å². The first-order valence-electron chi connectivity index (χ1n) is 9.35. The summed E-state index contributed by atoms with van der Waals surface area (Å²) in [5, 5.41) is 2.61. The monoisotopic (exact) mass is 461 g/mol. The van der Waals surface area contributed by atoms with Crippen molar-refractivity contribution in [2.24, 2.45) is 0 Å². The Hall–Kier alpha value is -1.73. The van der Waals surface area contributed by atoms with Crippen LogP contribution >= 0.6 is 27.7 Å². The summed E-state index contributed by atoms with van der Waals surface area (Å²) in [5.74, 6) is 0.827. The third kappa shape index (κ3) is 3.74. The van der Waals surface area contributed by atoms with E-state index in [-0.39, 0.29) is 12.1 Å². The van der Waals surface area contributed by atoms with Gasteiger partial charge in [0.25, 0.3) is 0 Å². The molecule has 5 nitrogen and oxygen atoms in total. The van der Waals surface area contributed by atoms with E-state index in [0.29, 0.717) is 11.8 Å². The number of ether oxygens (including phenoxy) is 1. The van der Waals surface area contributed by atoms with Gasteiger partial charge in [0.2, 0.25) is 0 Å². The molecule has 2 atom stereocenters. The van der Waals surface area contributed by atoms with Crippen molar-refractivity contribution >= 4 is 55.6 Å². The van der Waals surface area contributed by atoms with Crippen LogP contribution in [0.4, 0.5) is 4.79 Å². The average molecular weight is 462 g/mol. The fourth-order valence-corrected chi connectivity index (χ4v) is 4.76. The zero-order valence-corrected chi connectivity index (χ0v) is 18.9. The highest BCUT2D eigenvalue weighted by molar-refractivity contribution is 9.10. The topological polar surface area (TPSA) is 58.2 Å². The molecule has 1 aliphatic heterocycles. The van der Waals surface area contributed by atoms with E-state index in [0.717, 1.165) is 38.5 Å². The van der Waals surface area contributed by atoms with Gasteiger partial charge in [-0.3, -0.25) is 4.90 Å². The Morgan fingerprint density at radius 2 is 2.11 bits per heavy atom. The van der Waals surface area contributed by atoms with Crippen LogP contribution in [0.5, 0.6) is 0 Å². The molecule has 2 heterocycles. The van der Waals surface area contributed by atoms with Gasteiger partial charge in [0.05, 0.1) is 17.1 Å². The molecular formula is C21H24BrN3O2S. The lowest BCUT2D eigenvalue weighted by atomic mass is 10.1. The van der Waals surface area contributed by atoms with Crippen LogP contribution in [0.2, 0.25) is 0 Å². The molecule has 7 heteroatoms. The number of aromatic amines is 1. The number of amides is 1. The zero-order valence-electron chi connectivity index (χ0n) is 16.5. The summed E-state index contributed by atoms with van der Waals surface area (Å²) in [5.41, 5.74) is 1.41. The van der Waals surface area contributed by atoms with Gasteiger partial charge in [-0.2, -0.15) is 11.8 Å². The van der Waals surface area contributed by atoms with Gasteiger partial charge < -0.3 is 9.72 Å². The fourth-order valence-electron chi connectivity index (χ4n) is 3.70. The second-order valence-corrected chi connectivity index (χ2v) is 10.2. The lowest BCUT2D eigenvalue weighted by Gasteiger charge is -2.27. The molecule has 0 saturated carbocycles. The van der Waals surface area contributed by atoms with E-state index in [4.69, 9.17) is 9.72 Å². The maximum atomic E-state index is 12.8. The van der Waals surface area contributed by atoms with Gasteiger partial charge in [-0.15, -0.1) is 0 Å². The van der Waals surface area contributed by atoms with Crippen molar-refractivity contribution in [2.45, 2.75) is 44.1 Å². The molecule has 1 N–H and O–H groups in total. The lowest BCUT2D eigenvalue weighted by Crippen LogP contribution is -2.37.